The van der Waals surface area contributed by atoms with Gasteiger partial charge in [-0.2, -0.15) is 0 Å². The van der Waals surface area contributed by atoms with Crippen LogP contribution >= 0.6 is 7.60 Å². The highest BCUT2D eigenvalue weighted by molar-refractivity contribution is 7.55. The lowest BCUT2D eigenvalue weighted by atomic mass is 9.86. The van der Waals surface area contributed by atoms with Crippen molar-refractivity contribution in [2.24, 2.45) is 23.6 Å². The molecule has 0 bridgehead atoms. The standard InChI is InChI=1S/C34H67N8O14P/c1-34(2,3)57(48,49-4)56-26-7-5-25(6-8-26)31(45)42-28(33(47)40-15-18-52-21-24-55-37)10-12-30(44)41-27(32(46)39-14-17-51-20-23-54-36)9-11-29(43)38-13-16-50-19-22-53-35/h25-28H,5-24,35-37H2,1-4H3,(H,38,43)(H,39,46)(H,40,47)(H,41,44)(H,42,45). The smallest absolute Gasteiger partial charge is 0.335 e. The third-order valence-corrected chi connectivity index (χ3v) is 11.4. The molecule has 0 aliphatic heterocycles. The van der Waals surface area contributed by atoms with Crippen molar-refractivity contribution < 1.29 is 66.3 Å². The summed E-state index contributed by atoms with van der Waals surface area (Å²) < 4.78 is 40.4. The van der Waals surface area contributed by atoms with Gasteiger partial charge in [0.2, 0.25) is 29.5 Å². The molecule has 1 fully saturated rings. The highest BCUT2D eigenvalue weighted by Crippen LogP contribution is 2.60. The van der Waals surface area contributed by atoms with E-state index >= 15 is 0 Å². The summed E-state index contributed by atoms with van der Waals surface area (Å²) in [6, 6.07) is -2.21. The Morgan fingerprint density at radius 2 is 1.07 bits per heavy atom. The molecule has 0 radical (unpaired) electrons. The van der Waals surface area contributed by atoms with Gasteiger partial charge in [-0.15, -0.1) is 0 Å². The molecule has 0 aromatic carbocycles. The van der Waals surface area contributed by atoms with Crippen LogP contribution in [-0.2, 0) is 66.3 Å². The first-order chi connectivity index (χ1) is 27.2. The number of nitrogens with one attached hydrogen (secondary N) is 5. The van der Waals surface area contributed by atoms with Crippen LogP contribution in [0.1, 0.15) is 72.1 Å². The summed E-state index contributed by atoms with van der Waals surface area (Å²) in [6.45, 7) is 7.47. The highest BCUT2D eigenvalue weighted by atomic mass is 31.2. The third kappa shape index (κ3) is 22.8. The Balaban J connectivity index is 2.91. The van der Waals surface area contributed by atoms with Crippen molar-refractivity contribution >= 4 is 37.1 Å². The molecule has 23 heteroatoms. The minimum Gasteiger partial charge on any atom is -0.377 e. The zero-order valence-electron chi connectivity index (χ0n) is 33.8. The second kappa shape index (κ2) is 30.2. The monoisotopic (exact) mass is 842 g/mol. The second-order valence-electron chi connectivity index (χ2n) is 14.1. The summed E-state index contributed by atoms with van der Waals surface area (Å²) in [5.41, 5.74) is 0. The van der Waals surface area contributed by atoms with Gasteiger partial charge in [0.1, 0.15) is 12.1 Å². The zero-order valence-corrected chi connectivity index (χ0v) is 34.7. The summed E-state index contributed by atoms with van der Waals surface area (Å²) in [5, 5.41) is 12.8. The van der Waals surface area contributed by atoms with Crippen LogP contribution in [0.2, 0.25) is 0 Å². The maximum absolute atomic E-state index is 13.5. The number of ether oxygens (including phenoxy) is 3. The molecule has 5 amide bonds. The van der Waals surface area contributed by atoms with Crippen LogP contribution < -0.4 is 44.3 Å². The SMILES string of the molecule is COP(=O)(OC1CCC(C(=O)NC(CCC(=O)NC(CCC(=O)NCCOCCON)C(=O)NCCOCCON)C(=O)NCCOCCON)CC1)C(C)(C)C. The van der Waals surface area contributed by atoms with E-state index in [2.05, 4.69) is 41.1 Å². The third-order valence-electron chi connectivity index (χ3n) is 8.70. The summed E-state index contributed by atoms with van der Waals surface area (Å²) in [6.07, 6.45) is 0.907. The number of carbonyl (C=O) groups is 5. The van der Waals surface area contributed by atoms with Crippen molar-refractivity contribution in [3.8, 4) is 0 Å². The van der Waals surface area contributed by atoms with E-state index < -0.39 is 48.5 Å². The maximum Gasteiger partial charge on any atom is 0.335 e. The minimum atomic E-state index is -3.40. The molecular weight excluding hydrogens is 775 g/mol. The molecule has 0 saturated heterocycles. The quantitative estimate of drug-likeness (QED) is 0.0224. The van der Waals surface area contributed by atoms with E-state index in [0.29, 0.717) is 25.7 Å². The Bertz CT molecular complexity index is 1220. The second-order valence-corrected chi connectivity index (χ2v) is 17.0. The van der Waals surface area contributed by atoms with Crippen molar-refractivity contribution in [3.63, 3.8) is 0 Å². The first-order valence-electron chi connectivity index (χ1n) is 19.2. The van der Waals surface area contributed by atoms with Crippen LogP contribution in [0.5, 0.6) is 0 Å². The van der Waals surface area contributed by atoms with Gasteiger partial charge in [0.25, 0.3) is 0 Å². The van der Waals surface area contributed by atoms with E-state index in [1.54, 1.807) is 20.8 Å². The molecule has 1 aliphatic rings. The van der Waals surface area contributed by atoms with Crippen molar-refractivity contribution in [2.45, 2.75) is 95.5 Å². The Morgan fingerprint density at radius 1 is 0.632 bits per heavy atom. The fraction of sp³-hybridized carbons (Fsp3) is 0.853. The maximum atomic E-state index is 13.5. The number of carbonyl (C=O) groups excluding carboxylic acids is 5. The zero-order chi connectivity index (χ0) is 42.5. The lowest BCUT2D eigenvalue weighted by Gasteiger charge is -2.35. The molecule has 3 unspecified atom stereocenters. The summed E-state index contributed by atoms with van der Waals surface area (Å²) >= 11 is 0. The van der Waals surface area contributed by atoms with Crippen molar-refractivity contribution in [1.82, 2.24) is 26.6 Å². The molecule has 57 heavy (non-hydrogen) atoms. The van der Waals surface area contributed by atoms with Gasteiger partial charge in [-0.05, 0) is 59.3 Å². The molecule has 1 saturated carbocycles. The molecule has 0 heterocycles. The van der Waals surface area contributed by atoms with Crippen LogP contribution in [0.4, 0.5) is 0 Å². The molecular formula is C34H67N8O14P. The van der Waals surface area contributed by atoms with Gasteiger partial charge in [-0.25, -0.2) is 17.7 Å². The van der Waals surface area contributed by atoms with Crippen LogP contribution in [0, 0.1) is 5.92 Å². The number of nitrogens with two attached hydrogens (primary N) is 3. The largest absolute Gasteiger partial charge is 0.377 e. The molecule has 0 aromatic heterocycles. The van der Waals surface area contributed by atoms with E-state index in [1.807, 2.05) is 0 Å². The van der Waals surface area contributed by atoms with E-state index in [0.717, 1.165) is 0 Å². The van der Waals surface area contributed by atoms with Crippen LogP contribution in [0.3, 0.4) is 0 Å². The molecule has 3 atom stereocenters. The van der Waals surface area contributed by atoms with E-state index in [9.17, 15) is 28.5 Å². The Morgan fingerprint density at radius 3 is 1.51 bits per heavy atom. The van der Waals surface area contributed by atoms with E-state index in [-0.39, 0.29) is 123 Å². The predicted octanol–water partition coefficient (Wildman–Crippen LogP) is -1.20. The summed E-state index contributed by atoms with van der Waals surface area (Å²) in [5.74, 6) is 12.1. The van der Waals surface area contributed by atoms with Gasteiger partial charge in [0, 0.05) is 45.5 Å². The molecule has 332 valence electrons. The summed E-state index contributed by atoms with van der Waals surface area (Å²) in [4.78, 5) is 78.9. The van der Waals surface area contributed by atoms with Crippen molar-refractivity contribution in [2.75, 3.05) is 86.2 Å². The number of amides is 5. The highest BCUT2D eigenvalue weighted by Gasteiger charge is 2.42. The van der Waals surface area contributed by atoms with Gasteiger partial charge in [0.15, 0.2) is 0 Å². The van der Waals surface area contributed by atoms with E-state index in [4.69, 9.17) is 40.9 Å². The van der Waals surface area contributed by atoms with Gasteiger partial charge in [0.05, 0.1) is 70.7 Å². The first-order valence-corrected chi connectivity index (χ1v) is 20.7. The Kier molecular flexibility index (Phi) is 27.7. The lowest BCUT2D eigenvalue weighted by molar-refractivity contribution is -0.133. The van der Waals surface area contributed by atoms with Gasteiger partial charge in [-0.1, -0.05) is 0 Å². The summed E-state index contributed by atoms with van der Waals surface area (Å²) in [7, 11) is -2.05. The minimum absolute atomic E-state index is 0.0367. The molecule has 1 rings (SSSR count). The number of hydrogen-bond acceptors (Lipinski definition) is 17. The first kappa shape index (κ1) is 52.2. The molecule has 0 spiro atoms. The number of rotatable bonds is 32. The average Bonchev–Trinajstić information content (AvgIpc) is 3.18. The molecule has 22 nitrogen and oxygen atoms in total. The van der Waals surface area contributed by atoms with Crippen LogP contribution in [0.25, 0.3) is 0 Å². The van der Waals surface area contributed by atoms with Crippen molar-refractivity contribution in [3.05, 3.63) is 0 Å². The van der Waals surface area contributed by atoms with E-state index in [1.165, 1.54) is 7.11 Å². The van der Waals surface area contributed by atoms with Crippen molar-refractivity contribution in [1.29, 1.82) is 0 Å². The lowest BCUT2D eigenvalue weighted by Crippen LogP contribution is -2.51. The normalized spacial score (nSPS) is 17.8. The molecule has 0 aromatic rings. The van der Waals surface area contributed by atoms with Gasteiger partial charge < -0.3 is 64.4 Å². The fourth-order valence-corrected chi connectivity index (χ4v) is 7.02. The molecule has 1 aliphatic carbocycles. The average molecular weight is 843 g/mol. The van der Waals surface area contributed by atoms with Crippen LogP contribution in [-0.4, -0.2) is 139 Å². The predicted molar refractivity (Wildman–Crippen MR) is 205 cm³/mol. The molecule has 11 N–H and O–H groups in total. The topological polar surface area (TPSA) is 314 Å². The van der Waals surface area contributed by atoms with Gasteiger partial charge in [-0.3, -0.25) is 28.5 Å². The Hall–Kier alpha value is -2.86. The number of hydrogen-bond donors (Lipinski definition) is 8. The Labute approximate surface area is 335 Å². The van der Waals surface area contributed by atoms with Gasteiger partial charge >= 0.3 is 7.60 Å². The fourth-order valence-electron chi connectivity index (χ4n) is 5.46. The van der Waals surface area contributed by atoms with Crippen LogP contribution in [0.15, 0.2) is 0 Å².